The number of ketones is 1. The van der Waals surface area contributed by atoms with Gasteiger partial charge in [0.05, 0.1) is 6.04 Å². The van der Waals surface area contributed by atoms with E-state index in [1.165, 1.54) is 5.56 Å². The highest BCUT2D eigenvalue weighted by Crippen LogP contribution is 2.18. The Morgan fingerprint density at radius 1 is 0.885 bits per heavy atom. The van der Waals surface area contributed by atoms with E-state index in [1.807, 2.05) is 45.3 Å². The van der Waals surface area contributed by atoms with Crippen molar-refractivity contribution in [2.24, 2.45) is 0 Å². The fourth-order valence-corrected chi connectivity index (χ4v) is 2.80. The van der Waals surface area contributed by atoms with Crippen LogP contribution in [0.25, 0.3) is 0 Å². The van der Waals surface area contributed by atoms with Crippen LogP contribution in [0.4, 0.5) is 0 Å². The van der Waals surface area contributed by atoms with Crippen LogP contribution in [0.5, 0.6) is 0 Å². The molecule has 0 aromatic heterocycles. The van der Waals surface area contributed by atoms with Gasteiger partial charge in [-0.3, -0.25) is 9.59 Å². The van der Waals surface area contributed by atoms with E-state index in [4.69, 9.17) is 0 Å². The molecular formula is C22H28N2O2. The largest absolute Gasteiger partial charge is 0.354 e. The van der Waals surface area contributed by atoms with Crippen molar-refractivity contribution in [3.8, 4) is 0 Å². The molecule has 1 atom stereocenters. The number of likely N-dealkylation sites (N-methyl/N-ethyl adjacent to an activating group) is 1. The number of Topliss-reactive ketones (excluding diaryl/α,β-unsaturated/α-hetero) is 1. The summed E-state index contributed by atoms with van der Waals surface area (Å²) in [7, 11) is 4.00. The van der Waals surface area contributed by atoms with Gasteiger partial charge in [-0.05, 0) is 33.5 Å². The Morgan fingerprint density at radius 3 is 1.96 bits per heavy atom. The van der Waals surface area contributed by atoms with E-state index >= 15 is 0 Å². The van der Waals surface area contributed by atoms with Gasteiger partial charge in [-0.2, -0.15) is 0 Å². The summed E-state index contributed by atoms with van der Waals surface area (Å²) in [4.78, 5) is 26.4. The van der Waals surface area contributed by atoms with Gasteiger partial charge in [-0.15, -0.1) is 0 Å². The van der Waals surface area contributed by atoms with Gasteiger partial charge in [0.1, 0.15) is 0 Å². The molecule has 0 radical (unpaired) electrons. The van der Waals surface area contributed by atoms with E-state index in [1.54, 1.807) is 0 Å². The standard InChI is InChI=1S/C22H28N2O2/c1-16-5-9-18(10-6-16)20(24(3)4)15-23-22(26)14-13-21(25)19-11-7-17(2)8-12-19/h5-12,20H,13-15H2,1-4H3,(H,23,26). The van der Waals surface area contributed by atoms with E-state index in [0.717, 1.165) is 11.1 Å². The number of nitrogens with one attached hydrogen (secondary N) is 1. The summed E-state index contributed by atoms with van der Waals surface area (Å²) >= 11 is 0. The van der Waals surface area contributed by atoms with Crippen molar-refractivity contribution in [2.75, 3.05) is 20.6 Å². The molecule has 0 aliphatic heterocycles. The first-order valence-electron chi connectivity index (χ1n) is 8.96. The lowest BCUT2D eigenvalue weighted by molar-refractivity contribution is -0.121. The molecule has 0 aliphatic carbocycles. The number of nitrogens with zero attached hydrogens (tertiary/aromatic N) is 1. The van der Waals surface area contributed by atoms with Crippen LogP contribution in [0.15, 0.2) is 48.5 Å². The summed E-state index contributed by atoms with van der Waals surface area (Å²) in [5.41, 5.74) is 4.15. The molecule has 0 heterocycles. The second-order valence-electron chi connectivity index (χ2n) is 6.98. The van der Waals surface area contributed by atoms with Crippen molar-refractivity contribution in [3.05, 3.63) is 70.8 Å². The van der Waals surface area contributed by atoms with Crippen molar-refractivity contribution in [2.45, 2.75) is 32.7 Å². The van der Waals surface area contributed by atoms with Gasteiger partial charge in [0.15, 0.2) is 5.78 Å². The molecule has 0 fully saturated rings. The molecule has 0 saturated heterocycles. The molecular weight excluding hydrogens is 324 g/mol. The quantitative estimate of drug-likeness (QED) is 0.737. The molecule has 4 heteroatoms. The van der Waals surface area contributed by atoms with Crippen LogP contribution in [-0.4, -0.2) is 37.2 Å². The molecule has 0 spiro atoms. The Kier molecular flexibility index (Phi) is 7.10. The smallest absolute Gasteiger partial charge is 0.220 e. The minimum atomic E-state index is -0.0931. The molecule has 1 N–H and O–H groups in total. The molecule has 2 aromatic carbocycles. The monoisotopic (exact) mass is 352 g/mol. The van der Waals surface area contributed by atoms with Gasteiger partial charge >= 0.3 is 0 Å². The lowest BCUT2D eigenvalue weighted by Gasteiger charge is -2.25. The van der Waals surface area contributed by atoms with Gasteiger partial charge in [-0.25, -0.2) is 0 Å². The molecule has 2 rings (SSSR count). The van der Waals surface area contributed by atoms with E-state index in [0.29, 0.717) is 12.1 Å². The topological polar surface area (TPSA) is 49.4 Å². The second-order valence-corrected chi connectivity index (χ2v) is 6.98. The third kappa shape index (κ3) is 5.81. The van der Waals surface area contributed by atoms with Crippen LogP contribution in [0.2, 0.25) is 0 Å². The zero-order valence-electron chi connectivity index (χ0n) is 16.1. The van der Waals surface area contributed by atoms with Crippen LogP contribution in [-0.2, 0) is 4.79 Å². The highest BCUT2D eigenvalue weighted by molar-refractivity contribution is 5.97. The van der Waals surface area contributed by atoms with Crippen LogP contribution >= 0.6 is 0 Å². The summed E-state index contributed by atoms with van der Waals surface area (Å²) in [6.07, 6.45) is 0.437. The molecule has 1 unspecified atom stereocenters. The third-order valence-corrected chi connectivity index (χ3v) is 4.53. The van der Waals surface area contributed by atoms with Gasteiger partial charge in [0.25, 0.3) is 0 Å². The zero-order chi connectivity index (χ0) is 19.1. The lowest BCUT2D eigenvalue weighted by atomic mass is 10.0. The summed E-state index contributed by atoms with van der Waals surface area (Å²) in [6.45, 7) is 4.56. The summed E-state index contributed by atoms with van der Waals surface area (Å²) in [5.74, 6) is -0.0905. The Morgan fingerprint density at radius 2 is 1.42 bits per heavy atom. The molecule has 2 aromatic rings. The molecule has 4 nitrogen and oxygen atoms in total. The van der Waals surface area contributed by atoms with Crippen molar-refractivity contribution in [1.29, 1.82) is 0 Å². The highest BCUT2D eigenvalue weighted by Gasteiger charge is 2.16. The van der Waals surface area contributed by atoms with Crippen LogP contribution in [0.3, 0.4) is 0 Å². The lowest BCUT2D eigenvalue weighted by Crippen LogP contribution is -2.34. The molecule has 0 aliphatic rings. The third-order valence-electron chi connectivity index (χ3n) is 4.53. The van der Waals surface area contributed by atoms with Gasteiger partial charge in [0.2, 0.25) is 5.91 Å². The minimum Gasteiger partial charge on any atom is -0.354 e. The number of benzene rings is 2. The molecule has 1 amide bonds. The average molecular weight is 352 g/mol. The number of aryl methyl sites for hydroxylation is 2. The Balaban J connectivity index is 1.85. The van der Waals surface area contributed by atoms with Gasteiger partial charge < -0.3 is 10.2 Å². The Labute approximate surface area is 156 Å². The summed E-state index contributed by atoms with van der Waals surface area (Å²) in [6, 6.07) is 15.9. The van der Waals surface area contributed by atoms with E-state index in [-0.39, 0.29) is 30.6 Å². The summed E-state index contributed by atoms with van der Waals surface area (Å²) in [5, 5.41) is 2.96. The number of hydrogen-bond donors (Lipinski definition) is 1. The van der Waals surface area contributed by atoms with Crippen LogP contribution in [0, 0.1) is 13.8 Å². The van der Waals surface area contributed by atoms with Crippen molar-refractivity contribution < 1.29 is 9.59 Å². The average Bonchev–Trinajstić information content (AvgIpc) is 2.61. The Hall–Kier alpha value is -2.46. The van der Waals surface area contributed by atoms with Crippen molar-refractivity contribution in [1.82, 2.24) is 10.2 Å². The maximum atomic E-state index is 12.2. The van der Waals surface area contributed by atoms with E-state index in [2.05, 4.69) is 41.4 Å². The van der Waals surface area contributed by atoms with E-state index < -0.39 is 0 Å². The predicted octanol–water partition coefficient (Wildman–Crippen LogP) is 3.69. The number of rotatable bonds is 8. The first-order chi connectivity index (χ1) is 12.4. The maximum absolute atomic E-state index is 12.2. The number of hydrogen-bond acceptors (Lipinski definition) is 3. The normalized spacial score (nSPS) is 12.0. The van der Waals surface area contributed by atoms with Crippen molar-refractivity contribution in [3.63, 3.8) is 0 Å². The molecule has 0 bridgehead atoms. The zero-order valence-corrected chi connectivity index (χ0v) is 16.1. The molecule has 138 valence electrons. The fourth-order valence-electron chi connectivity index (χ4n) is 2.80. The highest BCUT2D eigenvalue weighted by atomic mass is 16.2. The number of amides is 1. The first-order valence-corrected chi connectivity index (χ1v) is 8.96. The van der Waals surface area contributed by atoms with Crippen LogP contribution < -0.4 is 5.32 Å². The van der Waals surface area contributed by atoms with Crippen LogP contribution in [0.1, 0.15) is 45.9 Å². The Bertz CT molecular complexity index is 734. The maximum Gasteiger partial charge on any atom is 0.220 e. The predicted molar refractivity (Wildman–Crippen MR) is 105 cm³/mol. The first kappa shape index (κ1) is 19.9. The SMILES string of the molecule is Cc1ccc(C(=O)CCC(=O)NCC(c2ccc(C)cc2)N(C)C)cc1. The molecule has 0 saturated carbocycles. The molecule has 26 heavy (non-hydrogen) atoms. The van der Waals surface area contributed by atoms with Gasteiger partial charge in [-0.1, -0.05) is 59.7 Å². The summed E-state index contributed by atoms with van der Waals surface area (Å²) < 4.78 is 0. The minimum absolute atomic E-state index is 0.00263. The fraction of sp³-hybridized carbons (Fsp3) is 0.364. The number of carbonyl (C=O) groups is 2. The second kappa shape index (κ2) is 9.30. The van der Waals surface area contributed by atoms with E-state index in [9.17, 15) is 9.59 Å². The van der Waals surface area contributed by atoms with Crippen molar-refractivity contribution >= 4 is 11.7 Å². The van der Waals surface area contributed by atoms with Gasteiger partial charge in [0, 0.05) is 24.9 Å². The number of carbonyl (C=O) groups excluding carboxylic acids is 2.